The van der Waals surface area contributed by atoms with Crippen LogP contribution in [0.15, 0.2) is 45.0 Å². The van der Waals surface area contributed by atoms with E-state index in [9.17, 15) is 18.6 Å². The van der Waals surface area contributed by atoms with Crippen LogP contribution in [0.25, 0.3) is 0 Å². The van der Waals surface area contributed by atoms with E-state index >= 15 is 0 Å². The Morgan fingerprint density at radius 3 is 2.29 bits per heavy atom. The molecule has 6 atom stereocenters. The number of hydrogen-bond donors (Lipinski definition) is 2. The molecule has 0 unspecified atom stereocenters. The predicted molar refractivity (Wildman–Crippen MR) is 166 cm³/mol. The Morgan fingerprint density at radius 1 is 0.929 bits per heavy atom. The lowest BCUT2D eigenvalue weighted by molar-refractivity contribution is -0.105. The quantitative estimate of drug-likeness (QED) is 0.366. The molecule has 0 spiro atoms. The highest BCUT2D eigenvalue weighted by Crippen LogP contribution is 2.66. The van der Waals surface area contributed by atoms with Gasteiger partial charge in [0, 0.05) is 18.5 Å². The van der Waals surface area contributed by atoms with Crippen LogP contribution in [0.4, 0.5) is 0 Å². The van der Waals surface area contributed by atoms with Crippen LogP contribution >= 0.6 is 11.3 Å². The zero-order valence-corrected chi connectivity index (χ0v) is 27.1. The van der Waals surface area contributed by atoms with E-state index in [2.05, 4.69) is 26.0 Å². The van der Waals surface area contributed by atoms with Gasteiger partial charge in [-0.15, -0.1) is 11.3 Å². The highest BCUT2D eigenvalue weighted by Gasteiger charge is 2.63. The molecule has 0 radical (unpaired) electrons. The van der Waals surface area contributed by atoms with Crippen molar-refractivity contribution < 1.29 is 18.6 Å². The van der Waals surface area contributed by atoms with Crippen LogP contribution in [0.5, 0.6) is 0 Å². The number of hydrogen-bond acceptors (Lipinski definition) is 5. The standard InChI is InChI=1S/C35H49NO4S2/c1-32-10-7-27(37)17-26(32)5-6-28-29(32)8-11-33(2)30(28)9-12-35(33,38)22-36(42(39,40)31-4-3-13-41-31)21-34-18-23-14-24(19-34)16-25(15-23)20-34/h3-6,13,23-25,27,29-30,37-38H,7-12,14-22H2,1-2H3/t23?,24?,25?,27-,29-,30-,32-,33-,34?,35+/m0/s1. The predicted octanol–water partition coefficient (Wildman–Crippen LogP) is 6.93. The van der Waals surface area contributed by atoms with Crippen molar-refractivity contribution in [3.05, 3.63) is 40.8 Å². The van der Waals surface area contributed by atoms with Crippen molar-refractivity contribution in [1.29, 1.82) is 0 Å². The van der Waals surface area contributed by atoms with Crippen molar-refractivity contribution in [3.63, 3.8) is 0 Å². The Morgan fingerprint density at radius 2 is 1.62 bits per heavy atom. The zero-order valence-electron chi connectivity index (χ0n) is 25.4. The number of sulfonamides is 1. The first-order valence-corrected chi connectivity index (χ1v) is 19.1. The van der Waals surface area contributed by atoms with Gasteiger partial charge in [-0.1, -0.05) is 43.2 Å². The molecule has 0 amide bonds. The molecule has 7 saturated carbocycles. The normalized spacial score (nSPS) is 47.5. The second kappa shape index (κ2) is 9.51. The van der Waals surface area contributed by atoms with Gasteiger partial charge < -0.3 is 10.2 Å². The van der Waals surface area contributed by atoms with E-state index in [0.717, 1.165) is 75.5 Å². The summed E-state index contributed by atoms with van der Waals surface area (Å²) in [5, 5.41) is 25.0. The van der Waals surface area contributed by atoms with Gasteiger partial charge in [0.1, 0.15) is 4.21 Å². The van der Waals surface area contributed by atoms with Crippen molar-refractivity contribution in [2.24, 2.45) is 45.8 Å². The molecule has 8 aliphatic rings. The number of rotatable bonds is 6. The maximum absolute atomic E-state index is 14.4. The van der Waals surface area contributed by atoms with Gasteiger partial charge in [0.05, 0.1) is 11.7 Å². The van der Waals surface area contributed by atoms with Crippen LogP contribution in [0.3, 0.4) is 0 Å². The van der Waals surface area contributed by atoms with E-state index in [0.29, 0.717) is 23.1 Å². The van der Waals surface area contributed by atoms with Crippen LogP contribution in [-0.2, 0) is 10.0 Å². The summed E-state index contributed by atoms with van der Waals surface area (Å²) < 4.78 is 30.9. The number of thiophene rings is 1. The number of fused-ring (bicyclic) bond motifs is 5. The van der Waals surface area contributed by atoms with E-state index in [1.807, 2.05) is 11.4 Å². The third-order valence-electron chi connectivity index (χ3n) is 14.1. The zero-order chi connectivity index (χ0) is 29.1. The minimum Gasteiger partial charge on any atom is -0.393 e. The molecule has 2 N–H and O–H groups in total. The summed E-state index contributed by atoms with van der Waals surface area (Å²) in [5.74, 6) is 3.00. The lowest BCUT2D eigenvalue weighted by Gasteiger charge is -2.58. The van der Waals surface area contributed by atoms with E-state index in [4.69, 9.17) is 0 Å². The Kier molecular flexibility index (Phi) is 6.45. The molecule has 42 heavy (non-hydrogen) atoms. The van der Waals surface area contributed by atoms with Gasteiger partial charge in [0.25, 0.3) is 10.0 Å². The fourth-order valence-corrected chi connectivity index (χ4v) is 15.0. The summed E-state index contributed by atoms with van der Waals surface area (Å²) in [6, 6.07) is 3.59. The molecule has 8 aliphatic carbocycles. The molecule has 4 bridgehead atoms. The maximum atomic E-state index is 14.4. The molecule has 5 nitrogen and oxygen atoms in total. The number of aliphatic hydroxyl groups excluding tert-OH is 1. The van der Waals surface area contributed by atoms with Gasteiger partial charge >= 0.3 is 0 Å². The van der Waals surface area contributed by atoms with E-state index in [-0.39, 0.29) is 34.8 Å². The summed E-state index contributed by atoms with van der Waals surface area (Å²) in [6.07, 6.45) is 18.1. The second-order valence-corrected chi connectivity index (χ2v) is 19.5. The van der Waals surface area contributed by atoms with Crippen LogP contribution in [0.1, 0.15) is 97.3 Å². The van der Waals surface area contributed by atoms with Gasteiger partial charge in [0.2, 0.25) is 0 Å². The topological polar surface area (TPSA) is 77.8 Å². The van der Waals surface area contributed by atoms with Crippen LogP contribution in [0.2, 0.25) is 0 Å². The molecule has 1 aromatic heterocycles. The monoisotopic (exact) mass is 611 g/mol. The van der Waals surface area contributed by atoms with E-state index in [1.54, 1.807) is 10.4 Å². The molecule has 7 heteroatoms. The molecule has 0 saturated heterocycles. The smallest absolute Gasteiger partial charge is 0.252 e. The van der Waals surface area contributed by atoms with Crippen LogP contribution in [-0.4, -0.2) is 47.7 Å². The first kappa shape index (κ1) is 28.5. The highest BCUT2D eigenvalue weighted by atomic mass is 32.2. The largest absolute Gasteiger partial charge is 0.393 e. The lowest BCUT2D eigenvalue weighted by Crippen LogP contribution is -2.59. The van der Waals surface area contributed by atoms with E-state index in [1.165, 1.54) is 41.7 Å². The van der Waals surface area contributed by atoms with Gasteiger partial charge in [-0.3, -0.25) is 0 Å². The number of nitrogens with zero attached hydrogens (tertiary/aromatic N) is 1. The minimum atomic E-state index is -3.70. The number of aliphatic hydroxyl groups is 2. The molecule has 1 aromatic rings. The SMILES string of the molecule is C[C@]12CC[C@H](O)CC1=CC=C1[C@@H]2CC[C@@]2(C)[C@H]1CC[C@@]2(O)CN(CC12CC3CC(CC(C3)C1)C2)S(=O)(=O)c1cccs1. The average molecular weight is 612 g/mol. The van der Waals surface area contributed by atoms with Crippen molar-refractivity contribution in [1.82, 2.24) is 4.31 Å². The highest BCUT2D eigenvalue weighted by molar-refractivity contribution is 7.91. The lowest BCUT2D eigenvalue weighted by atomic mass is 9.49. The Labute approximate surface area is 256 Å². The summed E-state index contributed by atoms with van der Waals surface area (Å²) in [7, 11) is -3.70. The van der Waals surface area contributed by atoms with Crippen molar-refractivity contribution >= 4 is 21.4 Å². The van der Waals surface area contributed by atoms with Crippen LogP contribution < -0.4 is 0 Å². The molecule has 9 rings (SSSR count). The molecule has 230 valence electrons. The summed E-state index contributed by atoms with van der Waals surface area (Å²) in [4.78, 5) is 0. The van der Waals surface area contributed by atoms with Gasteiger partial charge in [-0.25, -0.2) is 8.42 Å². The van der Waals surface area contributed by atoms with Crippen molar-refractivity contribution in [2.75, 3.05) is 13.1 Å². The first-order valence-electron chi connectivity index (χ1n) is 16.8. The Bertz CT molecular complexity index is 1380. The Hall–Kier alpha value is -0.990. The molecular weight excluding hydrogens is 563 g/mol. The number of allylic oxidation sites excluding steroid dienone is 3. The molecule has 1 heterocycles. The third-order valence-corrected chi connectivity index (χ3v) is 17.2. The fraction of sp³-hybridized carbons (Fsp3) is 0.771. The van der Waals surface area contributed by atoms with Gasteiger partial charge in [0.15, 0.2) is 0 Å². The average Bonchev–Trinajstić information content (AvgIpc) is 3.56. The van der Waals surface area contributed by atoms with Crippen molar-refractivity contribution in [2.45, 2.75) is 113 Å². The summed E-state index contributed by atoms with van der Waals surface area (Å²) in [6.45, 7) is 5.46. The van der Waals surface area contributed by atoms with E-state index < -0.39 is 15.6 Å². The van der Waals surface area contributed by atoms with Gasteiger partial charge in [-0.05, 0) is 135 Å². The third kappa shape index (κ3) is 4.12. The van der Waals surface area contributed by atoms with Crippen LogP contribution in [0, 0.1) is 45.8 Å². The molecule has 7 fully saturated rings. The molecule has 0 aliphatic heterocycles. The summed E-state index contributed by atoms with van der Waals surface area (Å²) >= 11 is 1.31. The maximum Gasteiger partial charge on any atom is 0.252 e. The van der Waals surface area contributed by atoms with Crippen molar-refractivity contribution in [3.8, 4) is 0 Å². The van der Waals surface area contributed by atoms with Gasteiger partial charge in [-0.2, -0.15) is 4.31 Å². The first-order chi connectivity index (χ1) is 19.9. The summed E-state index contributed by atoms with van der Waals surface area (Å²) in [5.41, 5.74) is 1.64. The minimum absolute atomic E-state index is 0.0687. The second-order valence-electron chi connectivity index (χ2n) is 16.4. The molecule has 0 aromatic carbocycles. The Balaban J connectivity index is 1.12. The molecular formula is C35H49NO4S2. The fourth-order valence-electron chi connectivity index (χ4n) is 12.3.